The number of carbonyl (C=O) groups excluding carboxylic acids is 1. The summed E-state index contributed by atoms with van der Waals surface area (Å²) in [5, 5.41) is 21.7. The molecule has 0 aromatic rings. The Kier molecular flexibility index (Phi) is 6.55. The van der Waals surface area contributed by atoms with Gasteiger partial charge in [-0.2, -0.15) is 0 Å². The fraction of sp³-hybridized carbons (Fsp3) is 0.909. The van der Waals surface area contributed by atoms with Crippen LogP contribution in [0.15, 0.2) is 0 Å². The third kappa shape index (κ3) is 4.92. The highest BCUT2D eigenvalue weighted by Gasteiger charge is 2.32. The molecule has 0 rings (SSSR count). The smallest absolute Gasteiger partial charge is 0.338 e. The zero-order valence-electron chi connectivity index (χ0n) is 10.5. The highest BCUT2D eigenvalue weighted by molar-refractivity contribution is 5.78. The number of hydrogen-bond acceptors (Lipinski definition) is 5. The van der Waals surface area contributed by atoms with Crippen LogP contribution in [-0.4, -0.2) is 48.1 Å². The van der Waals surface area contributed by atoms with Crippen molar-refractivity contribution in [2.24, 2.45) is 5.92 Å². The lowest BCUT2D eigenvalue weighted by atomic mass is 9.99. The topological polar surface area (TPSA) is 78.8 Å². The van der Waals surface area contributed by atoms with Gasteiger partial charge < -0.3 is 20.3 Å². The van der Waals surface area contributed by atoms with Gasteiger partial charge in [0.05, 0.1) is 7.11 Å². The molecule has 0 radical (unpaired) electrons. The summed E-state index contributed by atoms with van der Waals surface area (Å²) in [7, 11) is 1.24. The van der Waals surface area contributed by atoms with Crippen molar-refractivity contribution < 1.29 is 19.7 Å². The van der Waals surface area contributed by atoms with Crippen LogP contribution in [0.5, 0.6) is 0 Å². The average Bonchev–Trinajstić information content (AvgIpc) is 2.22. The molecule has 0 bridgehead atoms. The Bertz CT molecular complexity index is 216. The van der Waals surface area contributed by atoms with Gasteiger partial charge in [-0.3, -0.25) is 0 Å². The van der Waals surface area contributed by atoms with Gasteiger partial charge >= 0.3 is 5.97 Å². The largest absolute Gasteiger partial charge is 0.467 e. The van der Waals surface area contributed by atoms with Crippen molar-refractivity contribution in [2.75, 3.05) is 20.3 Å². The molecule has 0 heterocycles. The number of aliphatic hydroxyl groups is 2. The summed E-state index contributed by atoms with van der Waals surface area (Å²) in [4.78, 5) is 11.2. The van der Waals surface area contributed by atoms with Crippen LogP contribution in [0.25, 0.3) is 0 Å². The Balaban J connectivity index is 4.23. The molecule has 0 aromatic heterocycles. The number of hydrogen-bond donors (Lipinski definition) is 3. The van der Waals surface area contributed by atoms with Crippen LogP contribution in [0.3, 0.4) is 0 Å². The molecule has 2 unspecified atom stereocenters. The predicted octanol–water partition coefficient (Wildman–Crippen LogP) is -0.0930. The van der Waals surface area contributed by atoms with Gasteiger partial charge in [0, 0.05) is 19.2 Å². The highest BCUT2D eigenvalue weighted by atomic mass is 16.5. The number of rotatable bonds is 7. The maximum Gasteiger partial charge on any atom is 0.338 e. The number of carbonyl (C=O) groups is 1. The Morgan fingerprint density at radius 3 is 2.44 bits per heavy atom. The lowest BCUT2D eigenvalue weighted by Crippen LogP contribution is -2.49. The predicted molar refractivity (Wildman–Crippen MR) is 61.0 cm³/mol. The van der Waals surface area contributed by atoms with Crippen molar-refractivity contribution in [1.29, 1.82) is 0 Å². The number of ether oxygens (including phenoxy) is 1. The van der Waals surface area contributed by atoms with Crippen molar-refractivity contribution in [3.05, 3.63) is 0 Å². The van der Waals surface area contributed by atoms with Crippen LogP contribution in [0.4, 0.5) is 0 Å². The van der Waals surface area contributed by atoms with E-state index in [0.29, 0.717) is 12.3 Å². The first-order valence-corrected chi connectivity index (χ1v) is 5.50. The second-order valence-electron chi connectivity index (χ2n) is 4.51. The van der Waals surface area contributed by atoms with Crippen LogP contribution in [0, 0.1) is 5.92 Å². The first kappa shape index (κ1) is 15.3. The molecular weight excluding hydrogens is 210 g/mol. The minimum absolute atomic E-state index is 0.0705. The van der Waals surface area contributed by atoms with Crippen LogP contribution >= 0.6 is 0 Å². The van der Waals surface area contributed by atoms with Crippen LogP contribution < -0.4 is 5.32 Å². The lowest BCUT2D eigenvalue weighted by molar-refractivity contribution is -0.160. The molecule has 96 valence electrons. The van der Waals surface area contributed by atoms with Gasteiger partial charge in [0.2, 0.25) is 0 Å². The molecule has 2 atom stereocenters. The fourth-order valence-corrected chi connectivity index (χ4v) is 1.43. The molecule has 0 aromatic carbocycles. The Labute approximate surface area is 96.8 Å². The monoisotopic (exact) mass is 233 g/mol. The molecule has 5 heteroatoms. The summed E-state index contributed by atoms with van der Waals surface area (Å²) in [5.41, 5.74) is -1.53. The van der Waals surface area contributed by atoms with E-state index in [-0.39, 0.29) is 19.2 Å². The van der Waals surface area contributed by atoms with E-state index in [1.54, 1.807) is 0 Å². The van der Waals surface area contributed by atoms with E-state index in [1.165, 1.54) is 14.0 Å². The van der Waals surface area contributed by atoms with Crippen LogP contribution in [-0.2, 0) is 9.53 Å². The van der Waals surface area contributed by atoms with Crippen LogP contribution in [0.1, 0.15) is 27.2 Å². The molecule has 3 N–H and O–H groups in total. The normalized spacial score (nSPS) is 16.9. The summed E-state index contributed by atoms with van der Waals surface area (Å²) >= 11 is 0. The van der Waals surface area contributed by atoms with E-state index >= 15 is 0 Å². The van der Waals surface area contributed by atoms with E-state index < -0.39 is 11.6 Å². The lowest BCUT2D eigenvalue weighted by Gasteiger charge is -2.27. The summed E-state index contributed by atoms with van der Waals surface area (Å²) in [6.07, 6.45) is 0.592. The van der Waals surface area contributed by atoms with Crippen molar-refractivity contribution in [1.82, 2.24) is 5.32 Å². The zero-order chi connectivity index (χ0) is 12.8. The quantitative estimate of drug-likeness (QED) is 0.535. The Morgan fingerprint density at radius 2 is 2.06 bits per heavy atom. The number of nitrogens with one attached hydrogen (secondary N) is 1. The average molecular weight is 233 g/mol. The van der Waals surface area contributed by atoms with E-state index in [0.717, 1.165) is 0 Å². The maximum absolute atomic E-state index is 11.2. The SMILES string of the molecule is COC(=O)C(C)(O)CNC(CCO)C(C)C. The van der Waals surface area contributed by atoms with Gasteiger partial charge in [-0.1, -0.05) is 13.8 Å². The van der Waals surface area contributed by atoms with Crippen molar-refractivity contribution in [2.45, 2.75) is 38.8 Å². The molecule has 0 fully saturated rings. The fourth-order valence-electron chi connectivity index (χ4n) is 1.43. The van der Waals surface area contributed by atoms with Gasteiger partial charge in [-0.25, -0.2) is 4.79 Å². The molecule has 0 aliphatic rings. The molecular formula is C11H23NO4. The van der Waals surface area contributed by atoms with E-state index in [2.05, 4.69) is 10.1 Å². The van der Waals surface area contributed by atoms with Crippen molar-refractivity contribution in [3.63, 3.8) is 0 Å². The summed E-state index contributed by atoms with van der Waals surface area (Å²) in [6, 6.07) is 0.0705. The van der Waals surface area contributed by atoms with Gasteiger partial charge in [0.1, 0.15) is 0 Å². The summed E-state index contributed by atoms with van der Waals surface area (Å²) in [5.74, 6) is -0.341. The minimum atomic E-state index is -1.53. The maximum atomic E-state index is 11.2. The molecule has 0 aliphatic carbocycles. The second kappa shape index (κ2) is 6.83. The molecule has 16 heavy (non-hydrogen) atoms. The Morgan fingerprint density at radius 1 is 1.50 bits per heavy atom. The highest BCUT2D eigenvalue weighted by Crippen LogP contribution is 2.09. The molecule has 0 aliphatic heterocycles. The zero-order valence-corrected chi connectivity index (χ0v) is 10.5. The minimum Gasteiger partial charge on any atom is -0.467 e. The molecule has 0 amide bonds. The number of esters is 1. The second-order valence-corrected chi connectivity index (χ2v) is 4.51. The van der Waals surface area contributed by atoms with Gasteiger partial charge in [0.25, 0.3) is 0 Å². The van der Waals surface area contributed by atoms with E-state index in [1.807, 2.05) is 13.8 Å². The molecule has 5 nitrogen and oxygen atoms in total. The van der Waals surface area contributed by atoms with E-state index in [4.69, 9.17) is 5.11 Å². The number of methoxy groups -OCH3 is 1. The van der Waals surface area contributed by atoms with Crippen molar-refractivity contribution in [3.8, 4) is 0 Å². The van der Waals surface area contributed by atoms with Gasteiger partial charge in [-0.05, 0) is 19.3 Å². The first-order valence-electron chi connectivity index (χ1n) is 5.50. The third-order valence-corrected chi connectivity index (χ3v) is 2.58. The van der Waals surface area contributed by atoms with Gasteiger partial charge in [0.15, 0.2) is 5.60 Å². The molecule has 0 spiro atoms. The standard InChI is InChI=1S/C11H23NO4/c1-8(2)9(5-6-13)12-7-11(3,15)10(14)16-4/h8-9,12-13,15H,5-7H2,1-4H3. The van der Waals surface area contributed by atoms with Crippen LogP contribution in [0.2, 0.25) is 0 Å². The molecule has 0 saturated heterocycles. The van der Waals surface area contributed by atoms with Gasteiger partial charge in [-0.15, -0.1) is 0 Å². The number of aliphatic hydroxyl groups excluding tert-OH is 1. The van der Waals surface area contributed by atoms with E-state index in [9.17, 15) is 9.90 Å². The Hall–Kier alpha value is -0.650. The molecule has 0 saturated carbocycles. The summed E-state index contributed by atoms with van der Waals surface area (Å²) < 4.78 is 4.49. The van der Waals surface area contributed by atoms with Crippen molar-refractivity contribution >= 4 is 5.97 Å². The third-order valence-electron chi connectivity index (χ3n) is 2.58. The summed E-state index contributed by atoms with van der Waals surface area (Å²) in [6.45, 7) is 5.63. The first-order chi connectivity index (χ1) is 7.35.